The fourth-order valence-corrected chi connectivity index (χ4v) is 4.80. The van der Waals surface area contributed by atoms with E-state index in [-0.39, 0.29) is 0 Å². The van der Waals surface area contributed by atoms with Crippen molar-refractivity contribution < 1.29 is 4.39 Å². The van der Waals surface area contributed by atoms with E-state index in [4.69, 9.17) is 11.6 Å². The predicted octanol–water partition coefficient (Wildman–Crippen LogP) is 4.81. The predicted molar refractivity (Wildman–Crippen MR) is 107 cm³/mol. The van der Waals surface area contributed by atoms with Gasteiger partial charge < -0.3 is 4.98 Å². The van der Waals surface area contributed by atoms with Gasteiger partial charge in [-0.15, -0.1) is 0 Å². The zero-order valence-corrected chi connectivity index (χ0v) is 16.5. The smallest absolute Gasteiger partial charge is 0.114 e. The van der Waals surface area contributed by atoms with Crippen LogP contribution in [0.3, 0.4) is 0 Å². The number of aromatic nitrogens is 1. The van der Waals surface area contributed by atoms with Crippen molar-refractivity contribution in [1.82, 2.24) is 14.8 Å². The Balaban J connectivity index is 1.57. The number of halogens is 2. The molecule has 0 aliphatic carbocycles. The molecule has 3 heterocycles. The molecule has 0 amide bonds. The number of hydrogen-bond donors (Lipinski definition) is 1. The molecule has 0 saturated carbocycles. The highest BCUT2D eigenvalue weighted by Crippen LogP contribution is 2.38. The molecule has 0 spiro atoms. The number of rotatable bonds is 5. The zero-order chi connectivity index (χ0) is 18.3. The average Bonchev–Trinajstić information content (AvgIpc) is 3.17. The number of likely N-dealkylation sites (tertiary alicyclic amines) is 1. The summed E-state index contributed by atoms with van der Waals surface area (Å²) in [6.07, 6.45) is 2.25. The Morgan fingerprint density at radius 3 is 2.85 bits per heavy atom. The highest BCUT2D eigenvalue weighted by molar-refractivity contribution is 6.31. The second-order valence-electron chi connectivity index (χ2n) is 8.33. The Labute approximate surface area is 160 Å². The van der Waals surface area contributed by atoms with Crippen molar-refractivity contribution in [1.29, 1.82) is 0 Å². The van der Waals surface area contributed by atoms with Crippen LogP contribution in [0.4, 0.5) is 4.39 Å². The largest absolute Gasteiger partial charge is 0.357 e. The number of nitrogens with one attached hydrogen (secondary N) is 1. The Bertz CT molecular complexity index is 772. The van der Waals surface area contributed by atoms with Gasteiger partial charge in [0, 0.05) is 54.3 Å². The number of nitrogens with zero attached hydrogens (tertiary/aromatic N) is 2. The molecule has 1 N–H and O–H groups in total. The quantitative estimate of drug-likeness (QED) is 0.807. The van der Waals surface area contributed by atoms with E-state index in [0.29, 0.717) is 24.9 Å². The van der Waals surface area contributed by atoms with E-state index in [0.717, 1.165) is 44.0 Å². The number of benzene rings is 1. The molecule has 2 aliphatic rings. The molecule has 2 atom stereocenters. The molecule has 1 fully saturated rings. The van der Waals surface area contributed by atoms with Gasteiger partial charge in [0.15, 0.2) is 0 Å². The maximum atomic E-state index is 13.5. The third-order valence-electron chi connectivity index (χ3n) is 5.94. The van der Waals surface area contributed by atoms with Crippen LogP contribution in [0.1, 0.15) is 44.0 Å². The maximum absolute atomic E-state index is 13.5. The molecule has 5 heteroatoms. The molecular formula is C21H29ClFN3. The topological polar surface area (TPSA) is 22.3 Å². The summed E-state index contributed by atoms with van der Waals surface area (Å²) in [5.74, 6) is 0.630. The minimum Gasteiger partial charge on any atom is -0.357 e. The van der Waals surface area contributed by atoms with Gasteiger partial charge in [-0.1, -0.05) is 25.4 Å². The Hall–Kier alpha value is -1.10. The molecule has 1 saturated heterocycles. The lowest BCUT2D eigenvalue weighted by atomic mass is 9.91. The Morgan fingerprint density at radius 1 is 1.27 bits per heavy atom. The molecule has 3 nitrogen and oxygen atoms in total. The average molecular weight is 378 g/mol. The first kappa shape index (κ1) is 18.3. The van der Waals surface area contributed by atoms with Crippen molar-refractivity contribution in [2.75, 3.05) is 32.7 Å². The lowest BCUT2D eigenvalue weighted by Crippen LogP contribution is -2.41. The molecule has 0 radical (unpaired) electrons. The van der Waals surface area contributed by atoms with Crippen LogP contribution in [0.15, 0.2) is 18.2 Å². The van der Waals surface area contributed by atoms with Crippen LogP contribution in [0.25, 0.3) is 10.9 Å². The molecule has 2 aliphatic heterocycles. The summed E-state index contributed by atoms with van der Waals surface area (Å²) in [7, 11) is 0. The molecule has 4 rings (SSSR count). The van der Waals surface area contributed by atoms with Crippen molar-refractivity contribution >= 4 is 22.5 Å². The van der Waals surface area contributed by atoms with Crippen molar-refractivity contribution in [3.05, 3.63) is 34.5 Å². The molecular weight excluding hydrogens is 349 g/mol. The normalized spacial score (nSPS) is 24.7. The minimum absolute atomic E-state index is 0.411. The summed E-state index contributed by atoms with van der Waals surface area (Å²) in [5, 5.41) is 2.08. The summed E-state index contributed by atoms with van der Waals surface area (Å²) < 4.78 is 13.5. The number of fused-ring (bicyclic) bond motifs is 3. The first-order chi connectivity index (χ1) is 12.5. The molecule has 0 bridgehead atoms. The number of alkyl halides is 1. The summed E-state index contributed by atoms with van der Waals surface area (Å²) in [6.45, 7) is 9.14. The molecule has 142 valence electrons. The number of hydrogen-bond acceptors (Lipinski definition) is 2. The van der Waals surface area contributed by atoms with E-state index in [9.17, 15) is 4.39 Å². The van der Waals surface area contributed by atoms with Crippen molar-refractivity contribution in [2.24, 2.45) is 5.92 Å². The molecule has 2 aromatic rings. The Kier molecular flexibility index (Phi) is 5.27. The summed E-state index contributed by atoms with van der Waals surface area (Å²) >= 11 is 6.24. The second kappa shape index (κ2) is 7.49. The summed E-state index contributed by atoms with van der Waals surface area (Å²) in [6, 6.07) is 6.56. The highest BCUT2D eigenvalue weighted by Gasteiger charge is 2.31. The summed E-state index contributed by atoms with van der Waals surface area (Å²) in [4.78, 5) is 8.57. The minimum atomic E-state index is -0.632. The van der Waals surface area contributed by atoms with Gasteiger partial charge >= 0.3 is 0 Å². The maximum Gasteiger partial charge on any atom is 0.114 e. The van der Waals surface area contributed by atoms with Crippen molar-refractivity contribution in [3.8, 4) is 0 Å². The van der Waals surface area contributed by atoms with E-state index >= 15 is 0 Å². The SMILES string of the molecule is CC(C)CC1c2[nH]c3ccc(Cl)cc3c2CCN1CCN1CC[C@H](F)C1. The van der Waals surface area contributed by atoms with Gasteiger partial charge in [0.05, 0.1) is 6.04 Å². The van der Waals surface area contributed by atoms with Crippen LogP contribution in [0.5, 0.6) is 0 Å². The van der Waals surface area contributed by atoms with Crippen LogP contribution in [0, 0.1) is 5.92 Å². The Morgan fingerprint density at radius 2 is 2.12 bits per heavy atom. The molecule has 1 unspecified atom stereocenters. The van der Waals surface area contributed by atoms with Crippen LogP contribution in [-0.4, -0.2) is 53.7 Å². The van der Waals surface area contributed by atoms with E-state index in [2.05, 4.69) is 40.8 Å². The van der Waals surface area contributed by atoms with E-state index in [1.165, 1.54) is 22.2 Å². The van der Waals surface area contributed by atoms with Gasteiger partial charge in [-0.2, -0.15) is 0 Å². The van der Waals surface area contributed by atoms with Crippen molar-refractivity contribution in [3.63, 3.8) is 0 Å². The number of aromatic amines is 1. The fraction of sp³-hybridized carbons (Fsp3) is 0.619. The van der Waals surface area contributed by atoms with Gasteiger partial charge in [-0.3, -0.25) is 9.80 Å². The van der Waals surface area contributed by atoms with Crippen LogP contribution < -0.4 is 0 Å². The van der Waals surface area contributed by atoms with Crippen LogP contribution in [-0.2, 0) is 6.42 Å². The number of H-pyrrole nitrogens is 1. The third kappa shape index (κ3) is 3.64. The third-order valence-corrected chi connectivity index (χ3v) is 6.17. The lowest BCUT2D eigenvalue weighted by Gasteiger charge is -2.37. The monoisotopic (exact) mass is 377 g/mol. The lowest BCUT2D eigenvalue weighted by molar-refractivity contribution is 0.139. The van der Waals surface area contributed by atoms with E-state index in [1.807, 2.05) is 6.07 Å². The molecule has 26 heavy (non-hydrogen) atoms. The standard InChI is InChI=1S/C21H29ClFN3/c1-14(2)11-20-21-17(18-12-15(22)3-4-19(18)24-21)6-8-26(20)10-9-25-7-5-16(23)13-25/h3-4,12,14,16,20,24H,5-11,13H2,1-2H3/t16-,20?/m0/s1. The molecule has 1 aromatic carbocycles. The van der Waals surface area contributed by atoms with Crippen molar-refractivity contribution in [2.45, 2.75) is 45.3 Å². The second-order valence-corrected chi connectivity index (χ2v) is 8.76. The van der Waals surface area contributed by atoms with E-state index in [1.54, 1.807) is 0 Å². The zero-order valence-electron chi connectivity index (χ0n) is 15.8. The summed E-state index contributed by atoms with van der Waals surface area (Å²) in [5.41, 5.74) is 4.00. The molecule has 1 aromatic heterocycles. The van der Waals surface area contributed by atoms with Gasteiger partial charge in [0.25, 0.3) is 0 Å². The van der Waals surface area contributed by atoms with Crippen LogP contribution >= 0.6 is 11.6 Å². The first-order valence-electron chi connectivity index (χ1n) is 9.91. The van der Waals surface area contributed by atoms with Gasteiger partial charge in [0.2, 0.25) is 0 Å². The van der Waals surface area contributed by atoms with Gasteiger partial charge in [-0.05, 0) is 48.9 Å². The first-order valence-corrected chi connectivity index (χ1v) is 10.3. The van der Waals surface area contributed by atoms with Crippen LogP contribution in [0.2, 0.25) is 5.02 Å². The van der Waals surface area contributed by atoms with Gasteiger partial charge in [0.1, 0.15) is 6.17 Å². The van der Waals surface area contributed by atoms with E-state index < -0.39 is 6.17 Å². The van der Waals surface area contributed by atoms with Gasteiger partial charge in [-0.25, -0.2) is 4.39 Å². The fourth-order valence-electron chi connectivity index (χ4n) is 4.63. The highest BCUT2D eigenvalue weighted by atomic mass is 35.5.